The van der Waals surface area contributed by atoms with Crippen molar-refractivity contribution in [1.29, 1.82) is 0 Å². The Morgan fingerprint density at radius 1 is 0.897 bits per heavy atom. The highest BCUT2D eigenvalue weighted by Crippen LogP contribution is 2.37. The zero-order valence-corrected chi connectivity index (χ0v) is 20.8. The van der Waals surface area contributed by atoms with E-state index in [0.29, 0.717) is 18.1 Å². The summed E-state index contributed by atoms with van der Waals surface area (Å²) in [4.78, 5) is 0. The smallest absolute Gasteiger partial charge is 0.429 e. The third-order valence-corrected chi connectivity index (χ3v) is 6.45. The third-order valence-electron chi connectivity index (χ3n) is 6.45. The number of benzene rings is 3. The van der Waals surface area contributed by atoms with Gasteiger partial charge in [-0.3, -0.25) is 0 Å². The van der Waals surface area contributed by atoms with Crippen LogP contribution in [0, 0.1) is 17.6 Å². The highest BCUT2D eigenvalue weighted by atomic mass is 19.3. The van der Waals surface area contributed by atoms with Gasteiger partial charge in [-0.1, -0.05) is 31.5 Å². The van der Waals surface area contributed by atoms with Gasteiger partial charge in [-0.25, -0.2) is 8.78 Å². The molecule has 0 amide bonds. The largest absolute Gasteiger partial charge is 0.429 e. The summed E-state index contributed by atoms with van der Waals surface area (Å²) < 4.78 is 111. The summed E-state index contributed by atoms with van der Waals surface area (Å²) in [5.74, 6) is -2.33. The Hall–Kier alpha value is -3.53. The molecule has 1 saturated heterocycles. The molecule has 0 radical (unpaired) electrons. The fourth-order valence-corrected chi connectivity index (χ4v) is 4.51. The highest BCUT2D eigenvalue weighted by molar-refractivity contribution is 5.65. The van der Waals surface area contributed by atoms with E-state index in [-0.39, 0.29) is 17.2 Å². The quantitative estimate of drug-likeness (QED) is 0.195. The van der Waals surface area contributed by atoms with Crippen molar-refractivity contribution in [2.75, 3.05) is 6.61 Å². The maximum absolute atomic E-state index is 15.0. The van der Waals surface area contributed by atoms with Crippen LogP contribution in [0.1, 0.15) is 49.8 Å². The summed E-state index contributed by atoms with van der Waals surface area (Å²) >= 11 is 0. The van der Waals surface area contributed by atoms with Crippen molar-refractivity contribution in [3.63, 3.8) is 0 Å². The van der Waals surface area contributed by atoms with Crippen molar-refractivity contribution in [3.05, 3.63) is 95.5 Å². The van der Waals surface area contributed by atoms with Gasteiger partial charge in [0.25, 0.3) is 0 Å². The van der Waals surface area contributed by atoms with Gasteiger partial charge in [-0.05, 0) is 78.8 Å². The average molecular weight is 555 g/mol. The standard InChI is InChI=1S/C29H25F7O3/c1-2-3-17-4-13-26(37-16-17)19-5-11-22(24(30)15-19)18-6-12-23(25(31)14-18)29(35,36)39-21-9-7-20(8-10-21)38-28(34)27(32)33/h5-12,14-15,17,26H,2-4,13,16H2,1H3. The Morgan fingerprint density at radius 2 is 1.62 bits per heavy atom. The number of hydrogen-bond acceptors (Lipinski definition) is 3. The molecule has 2 atom stereocenters. The minimum Gasteiger partial charge on any atom is -0.429 e. The topological polar surface area (TPSA) is 27.7 Å². The highest BCUT2D eigenvalue weighted by Gasteiger charge is 2.38. The zero-order chi connectivity index (χ0) is 28.2. The maximum atomic E-state index is 15.0. The SMILES string of the molecule is CCCC1CCC(c2ccc(-c3ccc(C(F)(F)Oc4ccc(OC(F)=C(F)F)cc4)c(F)c3)c(F)c2)OC1. The van der Waals surface area contributed by atoms with Crippen LogP contribution in [0.15, 0.2) is 72.8 Å². The number of ether oxygens (including phenoxy) is 3. The number of hydrogen-bond donors (Lipinski definition) is 0. The van der Waals surface area contributed by atoms with Crippen molar-refractivity contribution < 1.29 is 44.9 Å². The fourth-order valence-electron chi connectivity index (χ4n) is 4.51. The molecular weight excluding hydrogens is 529 g/mol. The molecule has 0 aliphatic carbocycles. The molecule has 208 valence electrons. The van der Waals surface area contributed by atoms with E-state index in [1.54, 1.807) is 6.07 Å². The molecule has 1 heterocycles. The predicted molar refractivity (Wildman–Crippen MR) is 130 cm³/mol. The van der Waals surface area contributed by atoms with Crippen LogP contribution in [0.25, 0.3) is 11.1 Å². The Labute approximate surface area is 220 Å². The lowest BCUT2D eigenvalue weighted by Gasteiger charge is -2.29. The van der Waals surface area contributed by atoms with Crippen LogP contribution >= 0.6 is 0 Å². The maximum Gasteiger partial charge on any atom is 0.429 e. The van der Waals surface area contributed by atoms with Crippen LogP contribution < -0.4 is 9.47 Å². The van der Waals surface area contributed by atoms with Crippen LogP contribution in [0.5, 0.6) is 11.5 Å². The van der Waals surface area contributed by atoms with Crippen molar-refractivity contribution >= 4 is 0 Å². The van der Waals surface area contributed by atoms with E-state index in [4.69, 9.17) is 4.74 Å². The van der Waals surface area contributed by atoms with E-state index < -0.39 is 46.9 Å². The van der Waals surface area contributed by atoms with E-state index in [0.717, 1.165) is 68.1 Å². The average Bonchev–Trinajstić information content (AvgIpc) is 2.90. The second-order valence-electron chi connectivity index (χ2n) is 9.21. The summed E-state index contributed by atoms with van der Waals surface area (Å²) in [6.45, 7) is 2.72. The van der Waals surface area contributed by atoms with Gasteiger partial charge < -0.3 is 14.2 Å². The van der Waals surface area contributed by atoms with Crippen LogP contribution in [-0.4, -0.2) is 6.61 Å². The van der Waals surface area contributed by atoms with E-state index in [9.17, 15) is 30.7 Å². The van der Waals surface area contributed by atoms with E-state index in [1.165, 1.54) is 12.1 Å². The predicted octanol–water partition coefficient (Wildman–Crippen LogP) is 9.44. The second kappa shape index (κ2) is 12.1. The Balaban J connectivity index is 1.46. The molecule has 3 aromatic rings. The molecule has 10 heteroatoms. The van der Waals surface area contributed by atoms with Gasteiger partial charge in [0.1, 0.15) is 23.1 Å². The van der Waals surface area contributed by atoms with E-state index >= 15 is 0 Å². The number of alkyl halides is 2. The van der Waals surface area contributed by atoms with Gasteiger partial charge >= 0.3 is 18.2 Å². The van der Waals surface area contributed by atoms with Crippen molar-refractivity contribution in [3.8, 4) is 22.6 Å². The Morgan fingerprint density at radius 3 is 2.21 bits per heavy atom. The first-order valence-electron chi connectivity index (χ1n) is 12.3. The summed E-state index contributed by atoms with van der Waals surface area (Å²) in [6, 6.07) is 8.72. The summed E-state index contributed by atoms with van der Waals surface area (Å²) in [7, 11) is 0. The van der Waals surface area contributed by atoms with Crippen molar-refractivity contribution in [2.45, 2.75) is 44.8 Å². The molecule has 0 saturated carbocycles. The lowest BCUT2D eigenvalue weighted by molar-refractivity contribution is -0.187. The van der Waals surface area contributed by atoms with Crippen LogP contribution in [0.4, 0.5) is 30.7 Å². The molecule has 2 unspecified atom stereocenters. The van der Waals surface area contributed by atoms with E-state index in [2.05, 4.69) is 16.4 Å². The molecular formula is C29H25F7O3. The van der Waals surface area contributed by atoms with Gasteiger partial charge in [0.05, 0.1) is 18.3 Å². The van der Waals surface area contributed by atoms with Crippen molar-refractivity contribution in [1.82, 2.24) is 0 Å². The molecule has 1 aliphatic rings. The van der Waals surface area contributed by atoms with Gasteiger partial charge in [0.2, 0.25) is 0 Å². The lowest BCUT2D eigenvalue weighted by Crippen LogP contribution is -2.23. The zero-order valence-electron chi connectivity index (χ0n) is 20.8. The molecule has 3 aromatic carbocycles. The molecule has 0 aromatic heterocycles. The molecule has 4 rings (SSSR count). The molecule has 0 spiro atoms. The molecule has 1 fully saturated rings. The number of halogens is 7. The summed E-state index contributed by atoms with van der Waals surface area (Å²) in [6.07, 6.45) is -3.16. The van der Waals surface area contributed by atoms with Gasteiger partial charge in [0.15, 0.2) is 0 Å². The van der Waals surface area contributed by atoms with Crippen LogP contribution in [-0.2, 0) is 10.8 Å². The Kier molecular flexibility index (Phi) is 8.84. The van der Waals surface area contributed by atoms with Crippen molar-refractivity contribution in [2.24, 2.45) is 5.92 Å². The van der Waals surface area contributed by atoms with Crippen LogP contribution in [0.3, 0.4) is 0 Å². The second-order valence-corrected chi connectivity index (χ2v) is 9.21. The minimum atomic E-state index is -4.14. The van der Waals surface area contributed by atoms with Gasteiger partial charge in [0, 0.05) is 5.56 Å². The summed E-state index contributed by atoms with van der Waals surface area (Å²) in [5.41, 5.74) is -0.349. The van der Waals surface area contributed by atoms with Crippen LogP contribution in [0.2, 0.25) is 0 Å². The fraction of sp³-hybridized carbons (Fsp3) is 0.310. The molecule has 39 heavy (non-hydrogen) atoms. The van der Waals surface area contributed by atoms with Gasteiger partial charge in [-0.2, -0.15) is 22.0 Å². The number of rotatable bonds is 9. The first-order valence-corrected chi connectivity index (χ1v) is 12.3. The van der Waals surface area contributed by atoms with Gasteiger partial charge in [-0.15, -0.1) is 0 Å². The normalized spacial score (nSPS) is 17.5. The lowest BCUT2D eigenvalue weighted by atomic mass is 9.91. The molecule has 0 N–H and O–H groups in total. The molecule has 1 aliphatic heterocycles. The summed E-state index contributed by atoms with van der Waals surface area (Å²) in [5, 5.41) is 0. The van der Waals surface area contributed by atoms with E-state index in [1.807, 2.05) is 0 Å². The Bertz CT molecular complexity index is 1310. The minimum absolute atomic E-state index is 0.0368. The molecule has 0 bridgehead atoms. The monoisotopic (exact) mass is 554 g/mol. The third kappa shape index (κ3) is 6.92. The first kappa shape index (κ1) is 28.5. The molecule has 3 nitrogen and oxygen atoms in total. The first-order chi connectivity index (χ1) is 18.6.